The van der Waals surface area contributed by atoms with Gasteiger partial charge in [-0.2, -0.15) is 0 Å². The van der Waals surface area contributed by atoms with E-state index in [0.717, 1.165) is 57.8 Å². The molecule has 314 valence electrons. The molecule has 0 aliphatic carbocycles. The molecular formula is C42H70NO11P. The van der Waals surface area contributed by atoms with Crippen molar-refractivity contribution in [3.63, 3.8) is 0 Å². The van der Waals surface area contributed by atoms with Crippen LogP contribution in [0.25, 0.3) is 0 Å². The van der Waals surface area contributed by atoms with Crippen molar-refractivity contribution in [2.75, 3.05) is 19.8 Å². The molecule has 0 spiro atoms. The lowest BCUT2D eigenvalue weighted by molar-refractivity contribution is -0.161. The summed E-state index contributed by atoms with van der Waals surface area (Å²) >= 11 is 0. The second-order valence-corrected chi connectivity index (χ2v) is 14.9. The zero-order valence-corrected chi connectivity index (χ0v) is 34.4. The number of rotatable bonds is 37. The highest BCUT2D eigenvalue weighted by molar-refractivity contribution is 7.47. The van der Waals surface area contributed by atoms with Gasteiger partial charge in [-0.05, 0) is 70.3 Å². The van der Waals surface area contributed by atoms with Crippen molar-refractivity contribution in [3.8, 4) is 0 Å². The Morgan fingerprint density at radius 3 is 1.82 bits per heavy atom. The van der Waals surface area contributed by atoms with Gasteiger partial charge < -0.3 is 25.2 Å². The third-order valence-corrected chi connectivity index (χ3v) is 9.17. The minimum atomic E-state index is -4.77. The number of hydrogen-bond donors (Lipinski definition) is 3. The molecule has 0 amide bonds. The van der Waals surface area contributed by atoms with E-state index in [4.69, 9.17) is 24.8 Å². The van der Waals surface area contributed by atoms with Crippen LogP contribution in [0.4, 0.5) is 0 Å². The average molecular weight is 796 g/mol. The number of phosphoric acid groups is 1. The van der Waals surface area contributed by atoms with Crippen molar-refractivity contribution in [3.05, 3.63) is 60.8 Å². The molecule has 0 heterocycles. The molecule has 4 N–H and O–H groups in total. The number of carboxylic acids is 1. The van der Waals surface area contributed by atoms with Gasteiger partial charge in [-0.25, -0.2) is 4.57 Å². The number of unbranched alkanes of at least 4 members (excludes halogenated alkanes) is 12. The molecule has 0 aromatic rings. The van der Waals surface area contributed by atoms with E-state index in [1.54, 1.807) is 12.2 Å². The number of phosphoric ester groups is 1. The van der Waals surface area contributed by atoms with Crippen LogP contribution in [0.2, 0.25) is 0 Å². The topological polar surface area (TPSA) is 189 Å². The number of nitrogens with two attached hydrogens (primary N) is 1. The van der Waals surface area contributed by atoms with E-state index in [0.29, 0.717) is 6.42 Å². The Hall–Kier alpha value is -3.15. The van der Waals surface area contributed by atoms with Crippen molar-refractivity contribution < 1.29 is 52.3 Å². The fraction of sp³-hybridized carbons (Fsp3) is 0.667. The van der Waals surface area contributed by atoms with Crippen LogP contribution in [0.3, 0.4) is 0 Å². The predicted molar refractivity (Wildman–Crippen MR) is 217 cm³/mol. The molecular weight excluding hydrogens is 725 g/mol. The van der Waals surface area contributed by atoms with E-state index in [9.17, 15) is 28.6 Å². The summed E-state index contributed by atoms with van der Waals surface area (Å²) in [6, 6.07) is -1.56. The fourth-order valence-corrected chi connectivity index (χ4v) is 5.73. The lowest BCUT2D eigenvalue weighted by Gasteiger charge is -2.20. The highest BCUT2D eigenvalue weighted by atomic mass is 31.2. The summed E-state index contributed by atoms with van der Waals surface area (Å²) in [5, 5.41) is 8.86. The van der Waals surface area contributed by atoms with Crippen molar-refractivity contribution >= 4 is 31.5 Å². The number of ketones is 1. The van der Waals surface area contributed by atoms with Gasteiger partial charge in [-0.3, -0.25) is 28.2 Å². The first-order chi connectivity index (χ1) is 26.5. The second kappa shape index (κ2) is 36.5. The molecule has 0 rings (SSSR count). The number of aliphatic carboxylic acids is 1. The Bertz CT molecular complexity index is 1230. The molecule has 3 atom stereocenters. The van der Waals surface area contributed by atoms with Crippen molar-refractivity contribution in [2.45, 2.75) is 161 Å². The Kier molecular flexibility index (Phi) is 34.4. The first-order valence-corrected chi connectivity index (χ1v) is 21.8. The zero-order valence-electron chi connectivity index (χ0n) is 33.5. The maximum absolute atomic E-state index is 12.6. The van der Waals surface area contributed by atoms with Gasteiger partial charge in [-0.1, -0.05) is 120 Å². The number of carbonyl (C=O) groups excluding carboxylic acids is 3. The monoisotopic (exact) mass is 795 g/mol. The van der Waals surface area contributed by atoms with Gasteiger partial charge in [-0.15, -0.1) is 0 Å². The molecule has 0 saturated carbocycles. The molecule has 0 bridgehead atoms. The first-order valence-electron chi connectivity index (χ1n) is 20.3. The molecule has 13 heteroatoms. The second-order valence-electron chi connectivity index (χ2n) is 13.4. The maximum atomic E-state index is 12.6. The van der Waals surface area contributed by atoms with Crippen LogP contribution in [0, 0.1) is 0 Å². The van der Waals surface area contributed by atoms with Crippen LogP contribution in [0.5, 0.6) is 0 Å². The Labute approximate surface area is 330 Å². The van der Waals surface area contributed by atoms with Crippen LogP contribution >= 0.6 is 7.82 Å². The number of ether oxygens (including phenoxy) is 2. The Morgan fingerprint density at radius 2 is 1.15 bits per heavy atom. The molecule has 0 saturated heterocycles. The molecule has 1 unspecified atom stereocenters. The van der Waals surface area contributed by atoms with Crippen molar-refractivity contribution in [1.82, 2.24) is 0 Å². The standard InChI is InChI=1S/C42H70NO11P/c1-3-5-7-9-11-13-15-17-19-21-23-25-27-30-37(44)31-29-33-40(45)51-34-38(35-52-55(49,50)53-36-39(43)42(47)48)54-41(46)32-28-26-24-22-20-18-16-14-12-10-8-6-4-2/h11,13-14,16-17,19,23,25,27,30,38-39H,3-10,12,15,18,20-22,24,26,28-29,31-36,43H2,1-2H3,(H,47,48)(H,49,50)/b13-11-,16-14-,19-17-,25-23-,30-27+/t38-,39+/m1/s1. The summed E-state index contributed by atoms with van der Waals surface area (Å²) < 4.78 is 32.4. The van der Waals surface area contributed by atoms with Crippen LogP contribution < -0.4 is 5.73 Å². The minimum absolute atomic E-state index is 0.0712. The van der Waals surface area contributed by atoms with E-state index in [1.165, 1.54) is 51.0 Å². The van der Waals surface area contributed by atoms with E-state index < -0.39 is 57.7 Å². The summed E-state index contributed by atoms with van der Waals surface area (Å²) in [4.78, 5) is 58.0. The number of carbonyl (C=O) groups is 4. The highest BCUT2D eigenvalue weighted by Crippen LogP contribution is 2.43. The maximum Gasteiger partial charge on any atom is 0.472 e. The minimum Gasteiger partial charge on any atom is -0.480 e. The van der Waals surface area contributed by atoms with Crippen molar-refractivity contribution in [2.24, 2.45) is 5.73 Å². The third kappa shape index (κ3) is 36.3. The van der Waals surface area contributed by atoms with E-state index in [2.05, 4.69) is 54.8 Å². The number of esters is 2. The summed E-state index contributed by atoms with van der Waals surface area (Å²) in [5.74, 6) is -2.83. The van der Waals surface area contributed by atoms with Crippen molar-refractivity contribution in [1.29, 1.82) is 0 Å². The zero-order chi connectivity index (χ0) is 40.8. The molecule has 0 aromatic heterocycles. The molecule has 0 fully saturated rings. The molecule has 0 aliphatic rings. The predicted octanol–water partition coefficient (Wildman–Crippen LogP) is 9.57. The lowest BCUT2D eigenvalue weighted by atomic mass is 10.1. The Morgan fingerprint density at radius 1 is 0.618 bits per heavy atom. The van der Waals surface area contributed by atoms with Gasteiger partial charge >= 0.3 is 25.7 Å². The highest BCUT2D eigenvalue weighted by Gasteiger charge is 2.28. The summed E-state index contributed by atoms with van der Waals surface area (Å²) in [7, 11) is -4.77. The van der Waals surface area contributed by atoms with Gasteiger partial charge in [0.15, 0.2) is 11.9 Å². The smallest absolute Gasteiger partial charge is 0.472 e. The van der Waals surface area contributed by atoms with Gasteiger partial charge in [0.1, 0.15) is 12.6 Å². The normalized spacial score (nSPS) is 14.3. The third-order valence-electron chi connectivity index (χ3n) is 8.21. The fourth-order valence-electron chi connectivity index (χ4n) is 4.95. The molecule has 0 aromatic carbocycles. The van der Waals surface area contributed by atoms with Gasteiger partial charge in [0.2, 0.25) is 0 Å². The number of carboxylic acid groups (broad SMARTS) is 1. The first kappa shape index (κ1) is 51.9. The van der Waals surface area contributed by atoms with Gasteiger partial charge in [0, 0.05) is 19.3 Å². The Balaban J connectivity index is 4.63. The quantitative estimate of drug-likeness (QED) is 0.0135. The van der Waals surface area contributed by atoms with E-state index >= 15 is 0 Å². The van der Waals surface area contributed by atoms with Gasteiger partial charge in [0.05, 0.1) is 13.2 Å². The molecule has 55 heavy (non-hydrogen) atoms. The number of allylic oxidation sites excluding steroid dienone is 10. The van der Waals surface area contributed by atoms with E-state index in [1.807, 2.05) is 6.08 Å². The summed E-state index contributed by atoms with van der Waals surface area (Å²) in [6.07, 6.45) is 37.3. The SMILES string of the molecule is CCCCC/C=C\C/C=C\C/C=C\C=C\C(=O)CCCC(=O)OC[C@H](COP(=O)(O)OC[C@H](N)C(=O)O)OC(=O)CCCCCCC/C=C\CCCCCC. The van der Waals surface area contributed by atoms with E-state index in [-0.39, 0.29) is 31.5 Å². The number of hydrogen-bond acceptors (Lipinski definition) is 10. The lowest BCUT2D eigenvalue weighted by Crippen LogP contribution is -2.34. The summed E-state index contributed by atoms with van der Waals surface area (Å²) in [5.41, 5.74) is 5.30. The summed E-state index contributed by atoms with van der Waals surface area (Å²) in [6.45, 7) is 2.48. The molecule has 12 nitrogen and oxygen atoms in total. The van der Waals surface area contributed by atoms with Crippen LogP contribution in [0.1, 0.15) is 149 Å². The van der Waals surface area contributed by atoms with Crippen LogP contribution in [-0.4, -0.2) is 65.7 Å². The molecule has 0 radical (unpaired) electrons. The van der Waals surface area contributed by atoms with Crippen LogP contribution in [0.15, 0.2) is 60.8 Å². The van der Waals surface area contributed by atoms with Crippen LogP contribution in [-0.2, 0) is 42.3 Å². The van der Waals surface area contributed by atoms with Gasteiger partial charge in [0.25, 0.3) is 0 Å². The molecule has 0 aliphatic heterocycles. The average Bonchev–Trinajstić information content (AvgIpc) is 3.15. The largest absolute Gasteiger partial charge is 0.480 e.